The van der Waals surface area contributed by atoms with Gasteiger partial charge in [-0.2, -0.15) is 8.62 Å². The third-order valence-corrected chi connectivity index (χ3v) is 15.7. The number of carboxylic acid groups (broad SMARTS) is 1. The van der Waals surface area contributed by atoms with E-state index in [4.69, 9.17) is 23.5 Å². The van der Waals surface area contributed by atoms with Crippen molar-refractivity contribution in [3.8, 4) is 23.3 Å². The van der Waals surface area contributed by atoms with Crippen molar-refractivity contribution in [1.29, 1.82) is 0 Å². The molecule has 25 nitrogen and oxygen atoms in total. The van der Waals surface area contributed by atoms with Gasteiger partial charge in [0.25, 0.3) is 11.5 Å². The maximum atomic E-state index is 13.5. The van der Waals surface area contributed by atoms with Crippen LogP contribution in [0.2, 0.25) is 0 Å². The lowest BCUT2D eigenvalue weighted by Gasteiger charge is -2.24. The van der Waals surface area contributed by atoms with Gasteiger partial charge in [-0.1, -0.05) is 36.6 Å². The molecule has 3 heterocycles. The summed E-state index contributed by atoms with van der Waals surface area (Å²) in [5.41, 5.74) is 2.53. The molecule has 412 valence electrons. The quantitative estimate of drug-likeness (QED) is 0.0179. The number of carboxylic acids is 1. The summed E-state index contributed by atoms with van der Waals surface area (Å²) in [5.74, 6) is 4.58. The number of phosphoric acid groups is 3. The van der Waals surface area contributed by atoms with Crippen LogP contribution in [-0.2, 0) is 45.6 Å². The van der Waals surface area contributed by atoms with E-state index in [9.17, 15) is 57.5 Å². The number of amides is 2. The first-order chi connectivity index (χ1) is 36.4. The van der Waals surface area contributed by atoms with Crippen LogP contribution < -0.4 is 42.4 Å². The Morgan fingerprint density at radius 1 is 0.948 bits per heavy atom. The van der Waals surface area contributed by atoms with Crippen molar-refractivity contribution in [1.82, 2.24) is 20.2 Å². The van der Waals surface area contributed by atoms with Crippen LogP contribution >= 0.6 is 23.5 Å². The molecule has 77 heavy (non-hydrogen) atoms. The average Bonchev–Trinajstić information content (AvgIpc) is 3.80. The molecule has 2 amide bonds. The van der Waals surface area contributed by atoms with Crippen molar-refractivity contribution in [2.75, 3.05) is 51.9 Å². The van der Waals surface area contributed by atoms with E-state index in [0.29, 0.717) is 59.9 Å². The Kier molecular flexibility index (Phi) is 20.1. The van der Waals surface area contributed by atoms with Gasteiger partial charge in [0.2, 0.25) is 0 Å². The second kappa shape index (κ2) is 26.1. The summed E-state index contributed by atoms with van der Waals surface area (Å²) in [5, 5.41) is 20.4. The average molecular weight is 1130 g/mol. The van der Waals surface area contributed by atoms with E-state index in [1.54, 1.807) is 18.2 Å². The molecule has 0 bridgehead atoms. The van der Waals surface area contributed by atoms with E-state index in [2.05, 4.69) is 59.1 Å². The number of allylic oxidation sites excluding steroid dienone is 1. The van der Waals surface area contributed by atoms with Crippen LogP contribution in [-0.4, -0.2) is 106 Å². The first kappa shape index (κ1) is 59.5. The zero-order valence-corrected chi connectivity index (χ0v) is 44.7. The molecule has 1 saturated heterocycles. The number of phosphoric ester groups is 2. The smallest absolute Gasteiger partial charge is 0.478 e. The molecule has 6 atom stereocenters. The van der Waals surface area contributed by atoms with Gasteiger partial charge in [0.15, 0.2) is 0 Å². The Morgan fingerprint density at radius 3 is 2.42 bits per heavy atom. The van der Waals surface area contributed by atoms with Crippen LogP contribution in [0.25, 0.3) is 12.2 Å². The Morgan fingerprint density at radius 2 is 1.70 bits per heavy atom. The van der Waals surface area contributed by atoms with Gasteiger partial charge >= 0.3 is 41.2 Å². The molecule has 4 aromatic rings. The van der Waals surface area contributed by atoms with Crippen molar-refractivity contribution in [2.24, 2.45) is 0 Å². The normalized spacial score (nSPS) is 18.0. The van der Waals surface area contributed by atoms with Gasteiger partial charge < -0.3 is 54.7 Å². The second-order valence-corrected chi connectivity index (χ2v) is 21.7. The summed E-state index contributed by atoms with van der Waals surface area (Å²) in [6.07, 6.45) is 2.49. The van der Waals surface area contributed by atoms with Gasteiger partial charge in [-0.25, -0.2) is 28.1 Å². The Balaban J connectivity index is 0.989. The van der Waals surface area contributed by atoms with E-state index >= 15 is 0 Å². The summed E-state index contributed by atoms with van der Waals surface area (Å²) >= 11 is 0. The lowest BCUT2D eigenvalue weighted by Crippen LogP contribution is -2.34. The number of hydrogen-bond donors (Lipinski definition) is 8. The second-order valence-electron chi connectivity index (χ2n) is 16.9. The van der Waals surface area contributed by atoms with E-state index < -0.39 is 77.7 Å². The van der Waals surface area contributed by atoms with Crippen molar-refractivity contribution in [3.63, 3.8) is 0 Å². The molecule has 0 aliphatic carbocycles. The number of fused-ring (bicyclic) bond motifs is 2. The maximum Gasteiger partial charge on any atom is 0.490 e. The fourth-order valence-corrected chi connectivity index (χ4v) is 11.1. The van der Waals surface area contributed by atoms with Crippen LogP contribution in [0.3, 0.4) is 0 Å². The minimum Gasteiger partial charge on any atom is -0.478 e. The minimum absolute atomic E-state index is 0.00898. The maximum absolute atomic E-state index is 13.5. The molecule has 6 rings (SSSR count). The van der Waals surface area contributed by atoms with E-state index in [1.807, 2.05) is 45.0 Å². The third-order valence-electron chi connectivity index (χ3n) is 11.5. The summed E-state index contributed by atoms with van der Waals surface area (Å²) in [7, 11) is -15.7. The molecule has 28 heteroatoms. The Bertz CT molecular complexity index is 3420. The van der Waals surface area contributed by atoms with Crippen molar-refractivity contribution in [2.45, 2.75) is 58.5 Å². The van der Waals surface area contributed by atoms with Gasteiger partial charge in [-0.05, 0) is 91.9 Å². The molecule has 1 aromatic heterocycles. The molecule has 0 spiro atoms. The highest BCUT2D eigenvalue weighted by Crippen LogP contribution is 2.67. The number of carbonyl (C=O) groups excluding carboxylic acids is 2. The SMILES string of the molecule is C=CCO[C@@H]1C[C@H](n2cc(C#CCNC(=O)OC/C=C\CCCNC(=O)c3ccc(C(=O)O)c(C4=c5cc(C)c(=C)cc5Oc5cc(NCC)c(C)cc54)c3)c(=O)[nH]c2=O)O[C@@H]1COP(=O)(O)OP(=O)(O)OP(=O)(O)OC. The molecule has 1 fully saturated rings. The monoisotopic (exact) mass is 1130 g/mol. The topological polar surface area (TPSA) is 348 Å². The molecule has 8 N–H and O–H groups in total. The fourth-order valence-electron chi connectivity index (χ4n) is 7.81. The number of aromatic amines is 1. The highest BCUT2D eigenvalue weighted by atomic mass is 31.3. The van der Waals surface area contributed by atoms with E-state index in [0.717, 1.165) is 32.8 Å². The number of hydrogen-bond acceptors (Lipinski definition) is 17. The number of alkyl carbamates (subject to hydrolysis) is 1. The van der Waals surface area contributed by atoms with Crippen molar-refractivity contribution >= 4 is 59.3 Å². The Labute approximate surface area is 440 Å². The zero-order chi connectivity index (χ0) is 56.2. The lowest BCUT2D eigenvalue weighted by molar-refractivity contribution is -0.0571. The van der Waals surface area contributed by atoms with Crippen LogP contribution in [0.1, 0.15) is 80.9 Å². The summed E-state index contributed by atoms with van der Waals surface area (Å²) in [6.45, 7) is 13.1. The number of carbonyl (C=O) groups is 3. The van der Waals surface area contributed by atoms with Crippen LogP contribution in [0.5, 0.6) is 11.5 Å². The predicted molar refractivity (Wildman–Crippen MR) is 278 cm³/mol. The lowest BCUT2D eigenvalue weighted by atomic mass is 9.87. The number of ether oxygens (including phenoxy) is 4. The molecule has 0 saturated carbocycles. The van der Waals surface area contributed by atoms with Crippen molar-refractivity contribution in [3.05, 3.63) is 144 Å². The molecule has 3 unspecified atom stereocenters. The number of nitrogens with zero attached hydrogens (tertiary/aromatic N) is 1. The van der Waals surface area contributed by atoms with Gasteiger partial charge in [0, 0.05) is 66.5 Å². The largest absolute Gasteiger partial charge is 0.490 e. The predicted octanol–water partition coefficient (Wildman–Crippen LogP) is 4.75. The summed E-state index contributed by atoms with van der Waals surface area (Å²) in [6, 6.07) is 12.0. The number of aromatic carboxylic acids is 1. The molecule has 3 aromatic carbocycles. The molecule has 2 aliphatic rings. The van der Waals surface area contributed by atoms with Crippen LogP contribution in [0, 0.1) is 25.7 Å². The first-order valence-electron chi connectivity index (χ1n) is 23.4. The van der Waals surface area contributed by atoms with Gasteiger partial charge in [0.1, 0.15) is 36.0 Å². The third kappa shape index (κ3) is 15.9. The van der Waals surface area contributed by atoms with Crippen LogP contribution in [0.4, 0.5) is 10.5 Å². The van der Waals surface area contributed by atoms with Crippen molar-refractivity contribution < 1.29 is 84.5 Å². The highest BCUT2D eigenvalue weighted by Gasteiger charge is 2.44. The Hall–Kier alpha value is -6.74. The zero-order valence-electron chi connectivity index (χ0n) is 42.0. The number of aromatic nitrogens is 2. The molecule has 2 aliphatic heterocycles. The molecular weight excluding hydrogens is 1070 g/mol. The number of H-pyrrole nitrogens is 1. The number of unbranched alkanes of at least 4 members (excludes halogenated alkanes) is 1. The summed E-state index contributed by atoms with van der Waals surface area (Å²) in [4.78, 5) is 95.0. The van der Waals surface area contributed by atoms with Gasteiger partial charge in [-0.3, -0.25) is 28.2 Å². The van der Waals surface area contributed by atoms with Crippen LogP contribution in [0.15, 0.2) is 83.1 Å². The number of anilines is 1. The van der Waals surface area contributed by atoms with E-state index in [-0.39, 0.29) is 49.4 Å². The van der Waals surface area contributed by atoms with E-state index in [1.165, 1.54) is 18.2 Å². The molecule has 0 radical (unpaired) electrons. The first-order valence-corrected chi connectivity index (χ1v) is 27.9. The van der Waals surface area contributed by atoms with Gasteiger partial charge in [0.05, 0.1) is 31.4 Å². The number of nitrogens with one attached hydrogen (secondary N) is 4. The number of rotatable bonds is 24. The van der Waals surface area contributed by atoms with Gasteiger partial charge in [-0.15, -0.1) is 6.58 Å². The highest BCUT2D eigenvalue weighted by molar-refractivity contribution is 7.66. The molecular formula is C49H56N5O20P3. The number of benzene rings is 3. The standard InChI is InChI=1S/C49H56N5O20P3/c1-7-19-68-41-26-43(72-42(41)28-70-76(63,64)74-77(65,66)73-75(61,62)67-6)54-27-33(46(56)53-48(54)59)14-13-18-52-49(60)69-20-12-10-9-11-17-51-45(55)32-15-16-34(47(57)58)35(24-32)44-36-21-29(3)30(4)23-39(36)71-40-25-38(50-8-2)31(5)22-37(40)44/h7,10,12,15-16,21-25,27,41-43,50H,1,4,8-9,11,17-20,26,28H2,2-3,5-6H3,(H,51,55)(H,52,60)(H,57,58)(H,61,62)(H,63,64)(H,65,66)(H,53,56,59)/b12-10-/t41-,42-,43-/m1/s1. The minimum atomic E-state index is -5.69. The summed E-state index contributed by atoms with van der Waals surface area (Å²) < 4.78 is 76.5. The fraction of sp³-hybridized carbons (Fsp3) is 0.327. The number of aryl methyl sites for hydroxylation is 2.